The Hall–Kier alpha value is -4.12. The largest absolute Gasteiger partial charge is 0.493 e. The van der Waals surface area contributed by atoms with Crippen LogP contribution in [0.2, 0.25) is 0 Å². The molecule has 3 aromatic rings. The highest BCUT2D eigenvalue weighted by molar-refractivity contribution is 7.90. The van der Waals surface area contributed by atoms with E-state index in [4.69, 9.17) is 9.47 Å². The Kier molecular flexibility index (Phi) is 6.12. The first-order valence-electron chi connectivity index (χ1n) is 10.1. The number of benzene rings is 1. The fraction of sp³-hybridized carbons (Fsp3) is 0.174. The normalized spacial score (nSPS) is 15.1. The van der Waals surface area contributed by atoms with Crippen molar-refractivity contribution in [2.75, 3.05) is 23.9 Å². The first-order valence-corrected chi connectivity index (χ1v) is 12.2. The summed E-state index contributed by atoms with van der Waals surface area (Å²) in [5, 5.41) is 13.2. The smallest absolute Gasteiger partial charge is 0.345 e. The van der Waals surface area contributed by atoms with E-state index in [0.717, 1.165) is 11.6 Å². The number of carbonyl (C=O) groups is 2. The maximum Gasteiger partial charge on any atom is 0.345 e. The molecule has 1 aliphatic heterocycles. The first-order chi connectivity index (χ1) is 16.1. The predicted octanol–water partition coefficient (Wildman–Crippen LogP) is 2.64. The molecule has 34 heavy (non-hydrogen) atoms. The Labute approximate surface area is 194 Å². The van der Waals surface area contributed by atoms with E-state index < -0.39 is 27.2 Å². The lowest BCUT2D eigenvalue weighted by Crippen LogP contribution is -2.13. The van der Waals surface area contributed by atoms with Gasteiger partial charge >= 0.3 is 5.97 Å². The SMILES string of the molecule is Cc1cc(OCCS(C)(=O)=O)ccc1NC1=C(C(=O)O)C(=O)/C(=C/c2c[nH]c3ncccc23)O1. The van der Waals surface area contributed by atoms with E-state index in [1.54, 1.807) is 43.6 Å². The molecule has 0 saturated carbocycles. The molecule has 0 bridgehead atoms. The summed E-state index contributed by atoms with van der Waals surface area (Å²) < 4.78 is 33.6. The van der Waals surface area contributed by atoms with Crippen LogP contribution in [0.5, 0.6) is 5.75 Å². The summed E-state index contributed by atoms with van der Waals surface area (Å²) in [6.45, 7) is 1.76. The van der Waals surface area contributed by atoms with Gasteiger partial charge in [-0.2, -0.15) is 0 Å². The average molecular weight is 484 g/mol. The van der Waals surface area contributed by atoms with E-state index in [0.29, 0.717) is 28.2 Å². The van der Waals surface area contributed by atoms with Crippen LogP contribution in [-0.4, -0.2) is 53.9 Å². The number of nitrogens with zero attached hydrogens (tertiary/aromatic N) is 1. The number of Topliss-reactive ketones (excluding diaryl/α,β-unsaturated/α-hetero) is 1. The molecule has 1 aliphatic rings. The maximum absolute atomic E-state index is 12.8. The molecule has 0 amide bonds. The molecule has 0 spiro atoms. The number of aliphatic carboxylic acids is 1. The van der Waals surface area contributed by atoms with Crippen molar-refractivity contribution in [3.05, 3.63) is 71.1 Å². The zero-order chi connectivity index (χ0) is 24.5. The van der Waals surface area contributed by atoms with E-state index in [1.807, 2.05) is 6.07 Å². The first kappa shape index (κ1) is 23.1. The van der Waals surface area contributed by atoms with Crippen LogP contribution in [0, 0.1) is 6.92 Å². The fourth-order valence-electron chi connectivity index (χ4n) is 3.35. The van der Waals surface area contributed by atoms with Crippen LogP contribution in [0.25, 0.3) is 17.1 Å². The van der Waals surface area contributed by atoms with E-state index in [2.05, 4.69) is 15.3 Å². The molecule has 10 nitrogen and oxygen atoms in total. The van der Waals surface area contributed by atoms with Gasteiger partial charge in [-0.3, -0.25) is 4.79 Å². The lowest BCUT2D eigenvalue weighted by molar-refractivity contribution is -0.134. The van der Waals surface area contributed by atoms with Crippen LogP contribution in [0.3, 0.4) is 0 Å². The van der Waals surface area contributed by atoms with Crippen molar-refractivity contribution in [2.24, 2.45) is 0 Å². The van der Waals surface area contributed by atoms with Crippen LogP contribution >= 0.6 is 0 Å². The van der Waals surface area contributed by atoms with Crippen LogP contribution < -0.4 is 10.1 Å². The highest BCUT2D eigenvalue weighted by atomic mass is 32.2. The van der Waals surface area contributed by atoms with E-state index in [-0.39, 0.29) is 24.0 Å². The van der Waals surface area contributed by atoms with Crippen molar-refractivity contribution in [1.29, 1.82) is 0 Å². The van der Waals surface area contributed by atoms with Gasteiger partial charge in [0.1, 0.15) is 18.0 Å². The second kappa shape index (κ2) is 9.02. The van der Waals surface area contributed by atoms with E-state index >= 15 is 0 Å². The second-order valence-electron chi connectivity index (χ2n) is 7.67. The molecule has 11 heteroatoms. The number of carboxylic acids is 1. The van der Waals surface area contributed by atoms with Crippen LogP contribution in [0.15, 0.2) is 59.9 Å². The number of carboxylic acid groups (broad SMARTS) is 1. The molecular weight excluding hydrogens is 462 g/mol. The highest BCUT2D eigenvalue weighted by Crippen LogP contribution is 2.31. The third kappa shape index (κ3) is 4.94. The van der Waals surface area contributed by atoms with Crippen LogP contribution in [0.4, 0.5) is 5.69 Å². The number of hydrogen-bond acceptors (Lipinski definition) is 8. The van der Waals surface area contributed by atoms with Gasteiger partial charge in [0.2, 0.25) is 11.7 Å². The third-order valence-electron chi connectivity index (χ3n) is 5.04. The Bertz CT molecular complexity index is 1470. The summed E-state index contributed by atoms with van der Waals surface area (Å²) in [6, 6.07) is 8.46. The number of rotatable bonds is 8. The second-order valence-corrected chi connectivity index (χ2v) is 9.93. The summed E-state index contributed by atoms with van der Waals surface area (Å²) in [7, 11) is -3.14. The Morgan fingerprint density at radius 2 is 2.12 bits per heavy atom. The number of ketones is 1. The predicted molar refractivity (Wildman–Crippen MR) is 125 cm³/mol. The van der Waals surface area contributed by atoms with E-state index in [9.17, 15) is 23.1 Å². The molecule has 0 fully saturated rings. The van der Waals surface area contributed by atoms with Gasteiger partial charge in [0.25, 0.3) is 0 Å². The van der Waals surface area contributed by atoms with Crippen molar-refractivity contribution in [3.8, 4) is 5.75 Å². The molecule has 0 unspecified atom stereocenters. The number of hydrogen-bond donors (Lipinski definition) is 3. The fourth-order valence-corrected chi connectivity index (χ4v) is 3.73. The molecule has 0 aliphatic carbocycles. The van der Waals surface area contributed by atoms with Gasteiger partial charge < -0.3 is 24.9 Å². The van der Waals surface area contributed by atoms with Gasteiger partial charge in [0, 0.05) is 35.3 Å². The lowest BCUT2D eigenvalue weighted by Gasteiger charge is -2.13. The number of nitrogens with one attached hydrogen (secondary N) is 2. The molecule has 3 N–H and O–H groups in total. The molecule has 0 radical (unpaired) electrons. The zero-order valence-corrected chi connectivity index (χ0v) is 19.1. The summed E-state index contributed by atoms with van der Waals surface area (Å²) in [4.78, 5) is 31.8. The van der Waals surface area contributed by atoms with Gasteiger partial charge in [-0.15, -0.1) is 0 Å². The minimum Gasteiger partial charge on any atom is -0.493 e. The van der Waals surface area contributed by atoms with Gasteiger partial charge in [-0.1, -0.05) is 0 Å². The highest BCUT2D eigenvalue weighted by Gasteiger charge is 2.36. The third-order valence-corrected chi connectivity index (χ3v) is 5.95. The molecule has 0 saturated heterocycles. The maximum atomic E-state index is 12.8. The number of carbonyl (C=O) groups excluding carboxylic acids is 1. The number of anilines is 1. The number of allylic oxidation sites excluding steroid dienone is 1. The summed E-state index contributed by atoms with van der Waals surface area (Å²) >= 11 is 0. The summed E-state index contributed by atoms with van der Waals surface area (Å²) in [5.41, 5.74) is 1.90. The summed E-state index contributed by atoms with van der Waals surface area (Å²) in [5.74, 6) is -2.17. The molecule has 0 atom stereocenters. The summed E-state index contributed by atoms with van der Waals surface area (Å²) in [6.07, 6.45) is 5.87. The Morgan fingerprint density at radius 1 is 1.32 bits per heavy atom. The molecule has 3 heterocycles. The number of pyridine rings is 1. The zero-order valence-electron chi connectivity index (χ0n) is 18.3. The standard InChI is InChI=1S/C23H21N3O7S/c1-13-10-15(32-8-9-34(2,30)31)5-6-17(13)26-22-19(23(28)29)20(27)18(33-22)11-14-12-25-21-16(14)4-3-7-24-21/h3-7,10-12,26H,8-9H2,1-2H3,(H,24,25)(H,28,29)/b18-11-. The number of H-pyrrole nitrogens is 1. The van der Waals surface area contributed by atoms with Crippen molar-refractivity contribution in [2.45, 2.75) is 6.92 Å². The molecule has 4 rings (SSSR count). The van der Waals surface area contributed by atoms with Crippen molar-refractivity contribution < 1.29 is 32.6 Å². The van der Waals surface area contributed by atoms with Crippen molar-refractivity contribution in [3.63, 3.8) is 0 Å². The van der Waals surface area contributed by atoms with Crippen molar-refractivity contribution in [1.82, 2.24) is 9.97 Å². The number of ether oxygens (including phenoxy) is 2. The topological polar surface area (TPSA) is 148 Å². The molecular formula is C23H21N3O7S. The average Bonchev–Trinajstić information content (AvgIpc) is 3.30. The quantitative estimate of drug-likeness (QED) is 0.325. The monoisotopic (exact) mass is 483 g/mol. The minimum absolute atomic E-state index is 0.00842. The van der Waals surface area contributed by atoms with Crippen LogP contribution in [0.1, 0.15) is 11.1 Å². The molecule has 1 aromatic carbocycles. The number of aromatic nitrogens is 2. The number of fused-ring (bicyclic) bond motifs is 1. The number of sulfone groups is 1. The Balaban J connectivity index is 1.56. The van der Waals surface area contributed by atoms with E-state index in [1.165, 1.54) is 6.08 Å². The molecule has 176 valence electrons. The number of aryl methyl sites for hydroxylation is 1. The Morgan fingerprint density at radius 3 is 2.82 bits per heavy atom. The van der Waals surface area contributed by atoms with Crippen molar-refractivity contribution >= 4 is 44.4 Å². The minimum atomic E-state index is -3.14. The number of aromatic amines is 1. The van der Waals surface area contributed by atoms with Gasteiger partial charge in [0.15, 0.2) is 21.2 Å². The van der Waals surface area contributed by atoms with Gasteiger partial charge in [0.05, 0.1) is 5.75 Å². The molecule has 2 aromatic heterocycles. The van der Waals surface area contributed by atoms with Gasteiger partial charge in [-0.05, 0) is 48.9 Å². The lowest BCUT2D eigenvalue weighted by atomic mass is 10.1. The van der Waals surface area contributed by atoms with Gasteiger partial charge in [-0.25, -0.2) is 18.2 Å². The van der Waals surface area contributed by atoms with Crippen LogP contribution in [-0.2, 0) is 24.2 Å².